The average molecular weight is 630 g/mol. The Hall–Kier alpha value is -5.06. The molecule has 0 radical (unpaired) electrons. The Bertz CT molecular complexity index is 1820. The Morgan fingerprint density at radius 3 is 2.28 bits per heavy atom. The van der Waals surface area contributed by atoms with E-state index in [1.54, 1.807) is 14.2 Å². The molecule has 3 aliphatic rings. The van der Waals surface area contributed by atoms with Gasteiger partial charge in [-0.3, -0.25) is 9.59 Å². The van der Waals surface area contributed by atoms with E-state index in [1.807, 2.05) is 68.9 Å². The Morgan fingerprint density at radius 2 is 1.65 bits per heavy atom. The first-order chi connectivity index (χ1) is 22.1. The van der Waals surface area contributed by atoms with Crippen molar-refractivity contribution >= 4 is 40.1 Å². The molecular weight excluding hydrogens is 588 g/mol. The van der Waals surface area contributed by atoms with Gasteiger partial charge in [-0.25, -0.2) is 9.37 Å². The van der Waals surface area contributed by atoms with Crippen molar-refractivity contribution < 1.29 is 33.1 Å². The number of benzene rings is 3. The number of carbonyl (C=O) groups is 3. The van der Waals surface area contributed by atoms with Crippen LogP contribution in [0.2, 0.25) is 0 Å². The van der Waals surface area contributed by atoms with Gasteiger partial charge in [0.15, 0.2) is 0 Å². The van der Waals surface area contributed by atoms with E-state index in [2.05, 4.69) is 29.2 Å². The molecule has 2 aromatic carbocycles. The van der Waals surface area contributed by atoms with Crippen LogP contribution in [-0.4, -0.2) is 78.3 Å². The zero-order chi connectivity index (χ0) is 33.1. The average Bonchev–Trinajstić information content (AvgIpc) is 3.36. The zero-order valence-electron chi connectivity index (χ0n) is 27.5. The van der Waals surface area contributed by atoms with Crippen LogP contribution in [0.25, 0.3) is 33.4 Å². The lowest BCUT2D eigenvalue weighted by Gasteiger charge is -2.27. The van der Waals surface area contributed by atoms with Gasteiger partial charge in [-0.15, -0.1) is 5.06 Å². The van der Waals surface area contributed by atoms with Gasteiger partial charge >= 0.3 is 5.97 Å². The van der Waals surface area contributed by atoms with Crippen LogP contribution < -0.4 is 29.2 Å². The molecule has 1 saturated heterocycles. The normalized spacial score (nSPS) is 13.0. The SMILES string of the molecule is CCN(CCCC(=O)ON1C(=O)CCC1=O)c1cc(OC)c(-c2c3ccc(=[N+](C)C)cc-3oc3cc(N(C)C)ccc23)cc1OC. The fraction of sp³-hybridized carbons (Fsp3) is 0.371. The summed E-state index contributed by atoms with van der Waals surface area (Å²) >= 11 is 0. The summed E-state index contributed by atoms with van der Waals surface area (Å²) in [6.45, 7) is 3.15. The molecule has 0 unspecified atom stereocenters. The van der Waals surface area contributed by atoms with E-state index < -0.39 is 17.8 Å². The molecule has 0 atom stereocenters. The summed E-state index contributed by atoms with van der Waals surface area (Å²) in [6.07, 6.45) is 0.602. The molecule has 5 rings (SSSR count). The van der Waals surface area contributed by atoms with Crippen molar-refractivity contribution in [3.8, 4) is 33.9 Å². The quantitative estimate of drug-likeness (QED) is 0.134. The van der Waals surface area contributed by atoms with Crippen molar-refractivity contribution in [3.63, 3.8) is 0 Å². The van der Waals surface area contributed by atoms with E-state index in [-0.39, 0.29) is 19.3 Å². The van der Waals surface area contributed by atoms with Crippen LogP contribution in [0.4, 0.5) is 11.4 Å². The summed E-state index contributed by atoms with van der Waals surface area (Å²) in [4.78, 5) is 45.2. The number of fused-ring (bicyclic) bond motifs is 2. The van der Waals surface area contributed by atoms with Crippen LogP contribution in [0.5, 0.6) is 11.5 Å². The molecule has 46 heavy (non-hydrogen) atoms. The van der Waals surface area contributed by atoms with Gasteiger partial charge in [0.1, 0.15) is 36.9 Å². The third-order valence-corrected chi connectivity index (χ3v) is 8.22. The molecule has 2 aromatic rings. The lowest BCUT2D eigenvalue weighted by Crippen LogP contribution is -2.32. The summed E-state index contributed by atoms with van der Waals surface area (Å²) in [5.41, 5.74) is 5.32. The van der Waals surface area contributed by atoms with Crippen LogP contribution >= 0.6 is 0 Å². The fourth-order valence-electron chi connectivity index (χ4n) is 5.71. The smallest absolute Gasteiger partial charge is 0.333 e. The number of hydrogen-bond acceptors (Lipinski definition) is 9. The maximum absolute atomic E-state index is 12.4. The molecule has 1 fully saturated rings. The number of carbonyl (C=O) groups excluding carboxylic acids is 3. The third kappa shape index (κ3) is 6.35. The molecule has 242 valence electrons. The van der Waals surface area contributed by atoms with Gasteiger partial charge in [0.25, 0.3) is 11.8 Å². The molecule has 11 heteroatoms. The molecule has 2 aliphatic heterocycles. The molecular formula is C35H41N4O7+. The van der Waals surface area contributed by atoms with Crippen molar-refractivity contribution in [2.24, 2.45) is 0 Å². The van der Waals surface area contributed by atoms with Gasteiger partial charge in [0, 0.05) is 92.4 Å². The van der Waals surface area contributed by atoms with Crippen molar-refractivity contribution in [3.05, 3.63) is 53.9 Å². The van der Waals surface area contributed by atoms with E-state index in [0.29, 0.717) is 36.1 Å². The van der Waals surface area contributed by atoms with Gasteiger partial charge in [0.05, 0.1) is 26.0 Å². The highest BCUT2D eigenvalue weighted by Crippen LogP contribution is 2.47. The first kappa shape index (κ1) is 32.3. The number of amides is 2. The molecule has 0 aromatic heterocycles. The molecule has 2 heterocycles. The summed E-state index contributed by atoms with van der Waals surface area (Å²) in [5, 5.41) is 2.54. The highest BCUT2D eigenvalue weighted by Gasteiger charge is 2.32. The lowest BCUT2D eigenvalue weighted by molar-refractivity contribution is -0.197. The van der Waals surface area contributed by atoms with Gasteiger partial charge in [0.2, 0.25) is 5.36 Å². The number of hydrogen-bond donors (Lipinski definition) is 0. The third-order valence-electron chi connectivity index (χ3n) is 8.22. The number of nitrogens with zero attached hydrogens (tertiary/aromatic N) is 4. The standard InChI is InChI=1S/C35H41N4O7/c1-8-38(17-9-10-34(42)46-39-32(40)15-16-33(39)41)27-21-28(43-6)26(20-31(27)44-7)35-24-13-11-22(36(2)3)18-29(24)45-30-19-23(37(4)5)12-14-25(30)35/h11-14,18-21H,8-10,15-17H2,1-7H3/q+1. The molecule has 0 spiro atoms. The van der Waals surface area contributed by atoms with E-state index in [0.717, 1.165) is 50.2 Å². The zero-order valence-corrected chi connectivity index (χ0v) is 27.5. The Kier molecular flexibility index (Phi) is 9.50. The summed E-state index contributed by atoms with van der Waals surface area (Å²) in [7, 11) is 11.3. The predicted octanol–water partition coefficient (Wildman–Crippen LogP) is 4.53. The van der Waals surface area contributed by atoms with Crippen molar-refractivity contribution in [2.75, 3.05) is 65.3 Å². The maximum atomic E-state index is 12.4. The monoisotopic (exact) mass is 629 g/mol. The van der Waals surface area contributed by atoms with Crippen LogP contribution in [0.3, 0.4) is 0 Å². The first-order valence-corrected chi connectivity index (χ1v) is 15.3. The second kappa shape index (κ2) is 13.5. The highest BCUT2D eigenvalue weighted by molar-refractivity contribution is 6.04. The van der Waals surface area contributed by atoms with Gasteiger partial charge in [-0.2, -0.15) is 0 Å². The summed E-state index contributed by atoms with van der Waals surface area (Å²) in [6, 6.07) is 16.3. The van der Waals surface area contributed by atoms with Gasteiger partial charge in [-0.05, 0) is 37.6 Å². The number of methoxy groups -OCH3 is 2. The Balaban J connectivity index is 1.53. The minimum absolute atomic E-state index is 0.0421. The van der Waals surface area contributed by atoms with E-state index in [4.69, 9.17) is 18.7 Å². The number of ether oxygens (including phenoxy) is 2. The minimum atomic E-state index is -0.623. The van der Waals surface area contributed by atoms with Crippen molar-refractivity contribution in [1.82, 2.24) is 9.64 Å². The predicted molar refractivity (Wildman–Crippen MR) is 177 cm³/mol. The van der Waals surface area contributed by atoms with Crippen molar-refractivity contribution in [2.45, 2.75) is 32.6 Å². The van der Waals surface area contributed by atoms with E-state index in [1.165, 1.54) is 0 Å². The molecule has 0 N–H and O–H groups in total. The fourth-order valence-corrected chi connectivity index (χ4v) is 5.71. The number of rotatable bonds is 11. The molecule has 1 aliphatic carbocycles. The van der Waals surface area contributed by atoms with Crippen LogP contribution in [0.15, 0.2) is 52.9 Å². The molecule has 0 bridgehead atoms. The maximum Gasteiger partial charge on any atom is 0.333 e. The van der Waals surface area contributed by atoms with Crippen LogP contribution in [0, 0.1) is 0 Å². The van der Waals surface area contributed by atoms with Crippen molar-refractivity contribution in [1.29, 1.82) is 0 Å². The number of anilines is 2. The Morgan fingerprint density at radius 1 is 0.935 bits per heavy atom. The molecule has 0 saturated carbocycles. The van der Waals surface area contributed by atoms with Crippen LogP contribution in [0.1, 0.15) is 32.6 Å². The van der Waals surface area contributed by atoms with E-state index >= 15 is 0 Å². The Labute approximate surface area is 268 Å². The summed E-state index contributed by atoms with van der Waals surface area (Å²) in [5.74, 6) is 0.438. The number of imide groups is 1. The highest BCUT2D eigenvalue weighted by atomic mass is 16.7. The lowest BCUT2D eigenvalue weighted by atomic mass is 9.92. The summed E-state index contributed by atoms with van der Waals surface area (Å²) < 4.78 is 20.5. The second-order valence-electron chi connectivity index (χ2n) is 11.6. The largest absolute Gasteiger partial charge is 0.496 e. The second-order valence-corrected chi connectivity index (χ2v) is 11.6. The van der Waals surface area contributed by atoms with E-state index in [9.17, 15) is 14.4 Å². The molecule has 11 nitrogen and oxygen atoms in total. The number of hydroxylamine groups is 2. The minimum Gasteiger partial charge on any atom is -0.496 e. The first-order valence-electron chi connectivity index (χ1n) is 15.3. The van der Waals surface area contributed by atoms with Gasteiger partial charge < -0.3 is 28.5 Å². The topological polar surface area (TPSA) is 105 Å². The molecule has 2 amide bonds. The van der Waals surface area contributed by atoms with Gasteiger partial charge in [-0.1, -0.05) is 0 Å². The van der Waals surface area contributed by atoms with Crippen LogP contribution in [-0.2, 0) is 19.2 Å².